The minimum absolute atomic E-state index is 0.0361. The predicted octanol–water partition coefficient (Wildman–Crippen LogP) is 5.43. The Morgan fingerprint density at radius 1 is 1.16 bits per heavy atom. The molecule has 0 bridgehead atoms. The Labute approximate surface area is 198 Å². The third-order valence-corrected chi connectivity index (χ3v) is 6.27. The monoisotopic (exact) mass is 508 g/mol. The zero-order valence-corrected chi connectivity index (χ0v) is 21.0. The standard InChI is InChI=1S/C24H30BrClN2O3/c1-6-17(4)27-24(30)18(5)28(13-19-8-7-9-20(25)12-19)22(29)14-31-21-10-15(2)23(26)16(3)11-21/h7-12,17-18H,6,13-14H2,1-5H3,(H,27,30). The number of halogens is 2. The molecular formula is C24H30BrClN2O3. The van der Waals surface area contributed by atoms with Crippen LogP contribution in [0.4, 0.5) is 0 Å². The second kappa shape index (κ2) is 11.5. The fraction of sp³-hybridized carbons (Fsp3) is 0.417. The number of aryl methyl sites for hydroxylation is 2. The van der Waals surface area contributed by atoms with Gasteiger partial charge in [-0.05, 0) is 75.1 Å². The van der Waals surface area contributed by atoms with Crippen molar-refractivity contribution in [2.75, 3.05) is 6.61 Å². The topological polar surface area (TPSA) is 58.6 Å². The summed E-state index contributed by atoms with van der Waals surface area (Å²) in [6.45, 7) is 9.61. The van der Waals surface area contributed by atoms with E-state index >= 15 is 0 Å². The van der Waals surface area contributed by atoms with E-state index < -0.39 is 6.04 Å². The van der Waals surface area contributed by atoms with Crippen LogP contribution in [0.3, 0.4) is 0 Å². The quantitative estimate of drug-likeness (QED) is 0.490. The van der Waals surface area contributed by atoms with Gasteiger partial charge in [-0.1, -0.05) is 46.6 Å². The molecule has 0 heterocycles. The van der Waals surface area contributed by atoms with E-state index in [1.807, 2.05) is 52.0 Å². The molecule has 2 rings (SSSR count). The maximum Gasteiger partial charge on any atom is 0.261 e. The molecule has 7 heteroatoms. The maximum atomic E-state index is 13.1. The summed E-state index contributed by atoms with van der Waals surface area (Å²) in [5.41, 5.74) is 2.69. The van der Waals surface area contributed by atoms with Crippen molar-refractivity contribution in [3.8, 4) is 5.75 Å². The number of hydrogen-bond acceptors (Lipinski definition) is 3. The highest BCUT2D eigenvalue weighted by Crippen LogP contribution is 2.26. The van der Waals surface area contributed by atoms with Crippen LogP contribution >= 0.6 is 27.5 Å². The van der Waals surface area contributed by atoms with Crippen LogP contribution in [-0.4, -0.2) is 35.4 Å². The van der Waals surface area contributed by atoms with Gasteiger partial charge in [-0.15, -0.1) is 0 Å². The molecule has 0 aliphatic carbocycles. The van der Waals surface area contributed by atoms with Crippen molar-refractivity contribution in [3.05, 3.63) is 62.6 Å². The number of benzene rings is 2. The molecule has 0 fully saturated rings. The van der Waals surface area contributed by atoms with E-state index in [0.717, 1.165) is 27.6 Å². The fourth-order valence-corrected chi connectivity index (χ4v) is 3.65. The lowest BCUT2D eigenvalue weighted by atomic mass is 10.1. The second-order valence-corrected chi connectivity index (χ2v) is 9.10. The van der Waals surface area contributed by atoms with Gasteiger partial charge >= 0.3 is 0 Å². The number of amides is 2. The summed E-state index contributed by atoms with van der Waals surface area (Å²) in [5.74, 6) is 0.125. The first-order chi connectivity index (χ1) is 14.6. The molecule has 0 aliphatic heterocycles. The molecule has 168 valence electrons. The largest absolute Gasteiger partial charge is 0.484 e. The first kappa shape index (κ1) is 25.2. The Morgan fingerprint density at radius 2 is 1.81 bits per heavy atom. The van der Waals surface area contributed by atoms with Crippen LogP contribution < -0.4 is 10.1 Å². The summed E-state index contributed by atoms with van der Waals surface area (Å²) < 4.78 is 6.68. The van der Waals surface area contributed by atoms with Gasteiger partial charge in [0.1, 0.15) is 11.8 Å². The van der Waals surface area contributed by atoms with Gasteiger partial charge in [0.05, 0.1) is 0 Å². The summed E-state index contributed by atoms with van der Waals surface area (Å²) in [7, 11) is 0. The van der Waals surface area contributed by atoms with Crippen LogP contribution in [0, 0.1) is 13.8 Å². The Balaban J connectivity index is 2.19. The molecule has 2 amide bonds. The molecule has 0 saturated heterocycles. The van der Waals surface area contributed by atoms with Gasteiger partial charge in [0.25, 0.3) is 5.91 Å². The third-order valence-electron chi connectivity index (χ3n) is 5.18. The van der Waals surface area contributed by atoms with Crippen LogP contribution in [-0.2, 0) is 16.1 Å². The van der Waals surface area contributed by atoms with Crippen molar-refractivity contribution in [2.45, 2.75) is 59.7 Å². The van der Waals surface area contributed by atoms with Gasteiger partial charge in [0, 0.05) is 22.1 Å². The van der Waals surface area contributed by atoms with Crippen LogP contribution in [0.1, 0.15) is 43.9 Å². The van der Waals surface area contributed by atoms with Gasteiger partial charge in [-0.25, -0.2) is 0 Å². The maximum absolute atomic E-state index is 13.1. The van der Waals surface area contributed by atoms with Gasteiger partial charge in [-0.3, -0.25) is 9.59 Å². The van der Waals surface area contributed by atoms with Crippen molar-refractivity contribution >= 4 is 39.3 Å². The average molecular weight is 510 g/mol. The van der Waals surface area contributed by atoms with E-state index in [1.165, 1.54) is 0 Å². The molecule has 31 heavy (non-hydrogen) atoms. The van der Waals surface area contributed by atoms with Crippen molar-refractivity contribution in [1.82, 2.24) is 10.2 Å². The van der Waals surface area contributed by atoms with Gasteiger partial charge in [0.2, 0.25) is 5.91 Å². The SMILES string of the molecule is CCC(C)NC(=O)C(C)N(Cc1cccc(Br)c1)C(=O)COc1cc(C)c(Cl)c(C)c1. The summed E-state index contributed by atoms with van der Waals surface area (Å²) in [4.78, 5) is 27.4. The number of carbonyl (C=O) groups is 2. The first-order valence-corrected chi connectivity index (χ1v) is 11.5. The van der Waals surface area contributed by atoms with Crippen molar-refractivity contribution in [2.24, 2.45) is 0 Å². The molecule has 2 aromatic rings. The van der Waals surface area contributed by atoms with Crippen molar-refractivity contribution in [1.29, 1.82) is 0 Å². The zero-order valence-electron chi connectivity index (χ0n) is 18.7. The van der Waals surface area contributed by atoms with Gasteiger partial charge in [-0.2, -0.15) is 0 Å². The van der Waals surface area contributed by atoms with Crippen LogP contribution in [0.5, 0.6) is 5.75 Å². The van der Waals surface area contributed by atoms with Crippen LogP contribution in [0.25, 0.3) is 0 Å². The van der Waals surface area contributed by atoms with Crippen LogP contribution in [0.15, 0.2) is 40.9 Å². The summed E-state index contributed by atoms with van der Waals surface area (Å²) in [6, 6.07) is 10.7. The van der Waals surface area contributed by atoms with Crippen molar-refractivity contribution in [3.63, 3.8) is 0 Å². The zero-order chi connectivity index (χ0) is 23.1. The lowest BCUT2D eigenvalue weighted by Crippen LogP contribution is -2.50. The highest BCUT2D eigenvalue weighted by molar-refractivity contribution is 9.10. The average Bonchev–Trinajstić information content (AvgIpc) is 2.73. The Bertz CT molecular complexity index is 912. The molecular weight excluding hydrogens is 480 g/mol. The van der Waals surface area contributed by atoms with Crippen molar-refractivity contribution < 1.29 is 14.3 Å². The first-order valence-electron chi connectivity index (χ1n) is 10.4. The predicted molar refractivity (Wildman–Crippen MR) is 128 cm³/mol. The minimum atomic E-state index is -0.641. The number of rotatable bonds is 9. The third kappa shape index (κ3) is 7.25. The number of hydrogen-bond donors (Lipinski definition) is 1. The minimum Gasteiger partial charge on any atom is -0.484 e. The molecule has 0 saturated carbocycles. The molecule has 2 atom stereocenters. The van der Waals surface area contributed by atoms with E-state index in [9.17, 15) is 9.59 Å². The highest BCUT2D eigenvalue weighted by atomic mass is 79.9. The van der Waals surface area contributed by atoms with E-state index in [1.54, 1.807) is 24.0 Å². The molecule has 0 radical (unpaired) electrons. The lowest BCUT2D eigenvalue weighted by molar-refractivity contribution is -0.142. The van der Waals surface area contributed by atoms with E-state index in [-0.39, 0.29) is 24.5 Å². The number of nitrogens with one attached hydrogen (secondary N) is 1. The van der Waals surface area contributed by atoms with E-state index in [4.69, 9.17) is 16.3 Å². The lowest BCUT2D eigenvalue weighted by Gasteiger charge is -2.29. The van der Waals surface area contributed by atoms with E-state index in [0.29, 0.717) is 17.3 Å². The smallest absolute Gasteiger partial charge is 0.261 e. The van der Waals surface area contributed by atoms with Crippen LogP contribution in [0.2, 0.25) is 5.02 Å². The summed E-state index contributed by atoms with van der Waals surface area (Å²) in [6.07, 6.45) is 0.816. The van der Waals surface area contributed by atoms with Gasteiger partial charge < -0.3 is 15.0 Å². The molecule has 2 aromatic carbocycles. The number of ether oxygens (including phenoxy) is 1. The Morgan fingerprint density at radius 3 is 2.39 bits per heavy atom. The molecule has 2 unspecified atom stereocenters. The fourth-order valence-electron chi connectivity index (χ4n) is 3.10. The molecule has 0 aliphatic rings. The summed E-state index contributed by atoms with van der Waals surface area (Å²) >= 11 is 9.68. The number of carbonyl (C=O) groups excluding carboxylic acids is 2. The molecule has 5 nitrogen and oxygen atoms in total. The second-order valence-electron chi connectivity index (χ2n) is 7.81. The summed E-state index contributed by atoms with van der Waals surface area (Å²) in [5, 5.41) is 3.64. The van der Waals surface area contributed by atoms with E-state index in [2.05, 4.69) is 21.2 Å². The number of nitrogens with zero attached hydrogens (tertiary/aromatic N) is 1. The highest BCUT2D eigenvalue weighted by Gasteiger charge is 2.27. The normalized spacial score (nSPS) is 12.7. The molecule has 1 N–H and O–H groups in total. The molecule has 0 spiro atoms. The Hall–Kier alpha value is -2.05. The Kier molecular flexibility index (Phi) is 9.38. The molecule has 0 aromatic heterocycles. The van der Waals surface area contributed by atoms with Gasteiger partial charge in [0.15, 0.2) is 6.61 Å².